The van der Waals surface area contributed by atoms with E-state index in [9.17, 15) is 8.78 Å². The van der Waals surface area contributed by atoms with Gasteiger partial charge in [-0.3, -0.25) is 0 Å². The van der Waals surface area contributed by atoms with Crippen molar-refractivity contribution in [2.75, 3.05) is 18.0 Å². The second-order valence-corrected chi connectivity index (χ2v) is 5.57. The van der Waals surface area contributed by atoms with Gasteiger partial charge in [0.1, 0.15) is 6.33 Å². The predicted molar refractivity (Wildman–Crippen MR) is 76.0 cm³/mol. The van der Waals surface area contributed by atoms with Crippen molar-refractivity contribution in [3.63, 3.8) is 0 Å². The summed E-state index contributed by atoms with van der Waals surface area (Å²) in [5, 5.41) is 4.08. The van der Waals surface area contributed by atoms with Crippen molar-refractivity contribution >= 4 is 5.95 Å². The first-order valence-corrected chi connectivity index (χ1v) is 7.16. The van der Waals surface area contributed by atoms with E-state index in [4.69, 9.17) is 0 Å². The number of hydrogen-bond donors (Lipinski definition) is 0. The second-order valence-electron chi connectivity index (χ2n) is 5.57. The molecule has 0 aliphatic carbocycles. The van der Waals surface area contributed by atoms with E-state index in [1.165, 1.54) is 12.1 Å². The first-order valence-electron chi connectivity index (χ1n) is 7.16. The molecule has 1 saturated heterocycles. The molecule has 2 aromatic rings. The van der Waals surface area contributed by atoms with Crippen LogP contribution in [0.4, 0.5) is 14.7 Å². The number of aromatic nitrogens is 3. The SMILES string of the molecule is Cn1ncnc1N1CCC(Cc2ccc(F)c(F)c2)CC1. The molecule has 4 nitrogen and oxygen atoms in total. The number of nitrogens with zero attached hydrogens (tertiary/aromatic N) is 4. The van der Waals surface area contributed by atoms with E-state index in [1.807, 2.05) is 7.05 Å². The normalized spacial score (nSPS) is 16.4. The zero-order valence-corrected chi connectivity index (χ0v) is 12.0. The third-order valence-electron chi connectivity index (χ3n) is 4.09. The second kappa shape index (κ2) is 5.79. The van der Waals surface area contributed by atoms with Crippen LogP contribution in [0, 0.1) is 17.6 Å². The highest BCUT2D eigenvalue weighted by Crippen LogP contribution is 2.24. The van der Waals surface area contributed by atoms with Gasteiger partial charge in [0, 0.05) is 20.1 Å². The number of aryl methyl sites for hydroxylation is 1. The third-order valence-corrected chi connectivity index (χ3v) is 4.09. The maximum atomic E-state index is 13.2. The molecule has 0 N–H and O–H groups in total. The fourth-order valence-corrected chi connectivity index (χ4v) is 2.91. The molecule has 0 atom stereocenters. The Morgan fingerprint density at radius 1 is 1.19 bits per heavy atom. The van der Waals surface area contributed by atoms with Gasteiger partial charge in [0.05, 0.1) is 0 Å². The maximum Gasteiger partial charge on any atom is 0.223 e. The van der Waals surface area contributed by atoms with Crippen molar-refractivity contribution in [1.29, 1.82) is 0 Å². The smallest absolute Gasteiger partial charge is 0.223 e. The molecular formula is C15H18F2N4. The van der Waals surface area contributed by atoms with Crippen LogP contribution in [0.2, 0.25) is 0 Å². The van der Waals surface area contributed by atoms with Crippen LogP contribution in [0.25, 0.3) is 0 Å². The number of halogens is 2. The minimum Gasteiger partial charge on any atom is -0.341 e. The van der Waals surface area contributed by atoms with Crippen molar-refractivity contribution in [3.8, 4) is 0 Å². The van der Waals surface area contributed by atoms with E-state index in [2.05, 4.69) is 15.0 Å². The number of anilines is 1. The van der Waals surface area contributed by atoms with Gasteiger partial charge >= 0.3 is 0 Å². The first kappa shape index (κ1) is 14.0. The monoisotopic (exact) mass is 292 g/mol. The van der Waals surface area contributed by atoms with E-state index in [0.29, 0.717) is 5.92 Å². The Kier molecular flexibility index (Phi) is 3.86. The van der Waals surface area contributed by atoms with Gasteiger partial charge in [-0.2, -0.15) is 10.1 Å². The Morgan fingerprint density at radius 3 is 2.57 bits per heavy atom. The molecule has 0 unspecified atom stereocenters. The standard InChI is InChI=1S/C15H18F2N4/c1-20-15(18-10-19-20)21-6-4-11(5-7-21)8-12-2-3-13(16)14(17)9-12/h2-3,9-11H,4-8H2,1H3. The van der Waals surface area contributed by atoms with E-state index < -0.39 is 11.6 Å². The minimum atomic E-state index is -0.782. The number of rotatable bonds is 3. The summed E-state index contributed by atoms with van der Waals surface area (Å²) in [5.41, 5.74) is 0.867. The van der Waals surface area contributed by atoms with Gasteiger partial charge in [0.15, 0.2) is 11.6 Å². The lowest BCUT2D eigenvalue weighted by Gasteiger charge is -2.32. The Hall–Kier alpha value is -1.98. The molecule has 0 amide bonds. The lowest BCUT2D eigenvalue weighted by atomic mass is 9.90. The van der Waals surface area contributed by atoms with Crippen LogP contribution in [-0.2, 0) is 13.5 Å². The summed E-state index contributed by atoms with van der Waals surface area (Å²) in [6.45, 7) is 1.84. The average molecular weight is 292 g/mol. The van der Waals surface area contributed by atoms with Gasteiger partial charge in [0.25, 0.3) is 0 Å². The molecule has 112 valence electrons. The molecule has 21 heavy (non-hydrogen) atoms. The number of hydrogen-bond acceptors (Lipinski definition) is 3. The Labute approximate surface area is 122 Å². The fourth-order valence-electron chi connectivity index (χ4n) is 2.91. The zero-order chi connectivity index (χ0) is 14.8. The molecule has 0 bridgehead atoms. The fraction of sp³-hybridized carbons (Fsp3) is 0.467. The van der Waals surface area contributed by atoms with Gasteiger partial charge in [-0.1, -0.05) is 6.07 Å². The lowest BCUT2D eigenvalue weighted by molar-refractivity contribution is 0.397. The number of piperidine rings is 1. The minimum absolute atomic E-state index is 0.499. The molecule has 2 heterocycles. The van der Waals surface area contributed by atoms with E-state index in [1.54, 1.807) is 17.1 Å². The molecule has 6 heteroatoms. The van der Waals surface area contributed by atoms with Crippen LogP contribution in [0.1, 0.15) is 18.4 Å². The molecule has 1 aliphatic rings. The Bertz CT molecular complexity index is 618. The highest BCUT2D eigenvalue weighted by molar-refractivity contribution is 5.29. The lowest BCUT2D eigenvalue weighted by Crippen LogP contribution is -2.36. The molecule has 0 saturated carbocycles. The maximum absolute atomic E-state index is 13.2. The van der Waals surface area contributed by atoms with Crippen LogP contribution < -0.4 is 4.90 Å². The molecule has 1 aromatic carbocycles. The Morgan fingerprint density at radius 2 is 1.95 bits per heavy atom. The van der Waals surface area contributed by atoms with Crippen LogP contribution in [0.5, 0.6) is 0 Å². The molecule has 1 aliphatic heterocycles. The van der Waals surface area contributed by atoms with Crippen LogP contribution >= 0.6 is 0 Å². The quantitative estimate of drug-likeness (QED) is 0.872. The van der Waals surface area contributed by atoms with Crippen LogP contribution in [0.3, 0.4) is 0 Å². The molecule has 3 rings (SSSR count). The van der Waals surface area contributed by atoms with Crippen molar-refractivity contribution in [1.82, 2.24) is 14.8 Å². The van der Waals surface area contributed by atoms with Crippen molar-refractivity contribution in [2.45, 2.75) is 19.3 Å². The molecule has 1 aromatic heterocycles. The predicted octanol–water partition coefficient (Wildman–Crippen LogP) is 2.55. The van der Waals surface area contributed by atoms with E-state index in [0.717, 1.165) is 43.9 Å². The largest absolute Gasteiger partial charge is 0.341 e. The summed E-state index contributed by atoms with van der Waals surface area (Å²) in [6.07, 6.45) is 4.39. The van der Waals surface area contributed by atoms with Gasteiger partial charge in [-0.25, -0.2) is 13.5 Å². The zero-order valence-electron chi connectivity index (χ0n) is 12.0. The third kappa shape index (κ3) is 3.04. The number of benzene rings is 1. The Balaban J connectivity index is 1.58. The first-order chi connectivity index (χ1) is 10.1. The summed E-state index contributed by atoms with van der Waals surface area (Å²) < 4.78 is 27.9. The summed E-state index contributed by atoms with van der Waals surface area (Å²) in [4.78, 5) is 6.47. The van der Waals surface area contributed by atoms with Gasteiger partial charge in [0.2, 0.25) is 5.95 Å². The highest BCUT2D eigenvalue weighted by Gasteiger charge is 2.22. The topological polar surface area (TPSA) is 34.0 Å². The molecular weight excluding hydrogens is 274 g/mol. The van der Waals surface area contributed by atoms with Gasteiger partial charge in [-0.05, 0) is 42.9 Å². The summed E-state index contributed by atoms with van der Waals surface area (Å²) in [6, 6.07) is 4.19. The van der Waals surface area contributed by atoms with Crippen molar-refractivity contribution in [3.05, 3.63) is 41.7 Å². The summed E-state index contributed by atoms with van der Waals surface area (Å²) in [5.74, 6) is -0.152. The molecule has 0 radical (unpaired) electrons. The molecule has 0 spiro atoms. The van der Waals surface area contributed by atoms with Crippen LogP contribution in [0.15, 0.2) is 24.5 Å². The average Bonchev–Trinajstić information content (AvgIpc) is 2.90. The van der Waals surface area contributed by atoms with Crippen molar-refractivity contribution < 1.29 is 8.78 Å². The summed E-state index contributed by atoms with van der Waals surface area (Å²) >= 11 is 0. The molecule has 1 fully saturated rings. The summed E-state index contributed by atoms with van der Waals surface area (Å²) in [7, 11) is 1.88. The highest BCUT2D eigenvalue weighted by atomic mass is 19.2. The van der Waals surface area contributed by atoms with E-state index in [-0.39, 0.29) is 0 Å². The van der Waals surface area contributed by atoms with Gasteiger partial charge < -0.3 is 4.90 Å². The van der Waals surface area contributed by atoms with E-state index >= 15 is 0 Å². The van der Waals surface area contributed by atoms with Gasteiger partial charge in [-0.15, -0.1) is 0 Å². The van der Waals surface area contributed by atoms with Crippen LogP contribution in [-0.4, -0.2) is 27.9 Å². The van der Waals surface area contributed by atoms with Crippen molar-refractivity contribution in [2.24, 2.45) is 13.0 Å².